The average Bonchev–Trinajstić information content (AvgIpc) is 2.64. The number of hydrogen-bond acceptors (Lipinski definition) is 5. The zero-order valence-corrected chi connectivity index (χ0v) is 19.7. The van der Waals surface area contributed by atoms with Crippen LogP contribution >= 0.6 is 11.6 Å². The largest absolute Gasteiger partial charge is 0.459 e. The van der Waals surface area contributed by atoms with Crippen LogP contribution in [0.25, 0.3) is 0 Å². The van der Waals surface area contributed by atoms with Crippen molar-refractivity contribution in [3.8, 4) is 0 Å². The SMILES string of the molecule is CC(C)C(NS(=O)(=O)N1CCC(C(=O)c2ccc(Cl)cc2)CC1)C(=O)OC(C)(C)C. The highest BCUT2D eigenvalue weighted by Crippen LogP contribution is 2.24. The van der Waals surface area contributed by atoms with Crippen molar-refractivity contribution >= 4 is 33.6 Å². The molecule has 1 unspecified atom stereocenters. The number of carbonyl (C=O) groups is 2. The first-order valence-electron chi connectivity index (χ1n) is 10.1. The molecule has 1 heterocycles. The molecule has 0 bridgehead atoms. The number of rotatable bonds is 7. The summed E-state index contributed by atoms with van der Waals surface area (Å²) in [6.45, 7) is 9.14. The number of halogens is 1. The fraction of sp³-hybridized carbons (Fsp3) is 0.619. The first-order chi connectivity index (χ1) is 13.8. The van der Waals surface area contributed by atoms with Crippen LogP contribution in [-0.2, 0) is 19.7 Å². The third kappa shape index (κ3) is 6.77. The van der Waals surface area contributed by atoms with Gasteiger partial charge in [-0.05, 0) is 63.8 Å². The van der Waals surface area contributed by atoms with Crippen molar-refractivity contribution in [1.82, 2.24) is 9.03 Å². The van der Waals surface area contributed by atoms with E-state index in [4.69, 9.17) is 16.3 Å². The van der Waals surface area contributed by atoms with E-state index in [1.807, 2.05) is 0 Å². The Morgan fingerprint density at radius 2 is 1.67 bits per heavy atom. The van der Waals surface area contributed by atoms with Crippen molar-refractivity contribution in [3.63, 3.8) is 0 Å². The lowest BCUT2D eigenvalue weighted by Gasteiger charge is -2.33. The third-order valence-corrected chi connectivity index (χ3v) is 6.75. The molecule has 1 aliphatic rings. The van der Waals surface area contributed by atoms with Crippen LogP contribution in [-0.4, -0.2) is 49.2 Å². The van der Waals surface area contributed by atoms with Gasteiger partial charge < -0.3 is 4.74 Å². The van der Waals surface area contributed by atoms with Crippen molar-refractivity contribution in [2.45, 2.75) is 59.1 Å². The average molecular weight is 459 g/mol. The summed E-state index contributed by atoms with van der Waals surface area (Å²) in [4.78, 5) is 25.1. The summed E-state index contributed by atoms with van der Waals surface area (Å²) in [5, 5.41) is 0.559. The first kappa shape index (κ1) is 24.8. The molecule has 1 aliphatic heterocycles. The topological polar surface area (TPSA) is 92.8 Å². The van der Waals surface area contributed by atoms with E-state index in [0.29, 0.717) is 23.4 Å². The van der Waals surface area contributed by atoms with Gasteiger partial charge in [-0.2, -0.15) is 17.4 Å². The normalized spacial score (nSPS) is 17.7. The molecule has 1 aromatic carbocycles. The second-order valence-electron chi connectivity index (χ2n) is 8.92. The lowest BCUT2D eigenvalue weighted by atomic mass is 9.90. The van der Waals surface area contributed by atoms with Gasteiger partial charge in [-0.1, -0.05) is 25.4 Å². The molecule has 1 fully saturated rings. The minimum atomic E-state index is -3.89. The molecular weight excluding hydrogens is 428 g/mol. The van der Waals surface area contributed by atoms with Gasteiger partial charge in [-0.3, -0.25) is 9.59 Å². The molecule has 0 spiro atoms. The van der Waals surface area contributed by atoms with Gasteiger partial charge in [0.05, 0.1) is 0 Å². The van der Waals surface area contributed by atoms with Crippen LogP contribution in [0, 0.1) is 11.8 Å². The van der Waals surface area contributed by atoms with Gasteiger partial charge in [0, 0.05) is 29.6 Å². The van der Waals surface area contributed by atoms with Crippen LogP contribution in [0.15, 0.2) is 24.3 Å². The summed E-state index contributed by atoms with van der Waals surface area (Å²) in [5.74, 6) is -1.14. The van der Waals surface area contributed by atoms with Crippen molar-refractivity contribution in [1.29, 1.82) is 0 Å². The lowest BCUT2D eigenvalue weighted by molar-refractivity contribution is -0.158. The molecule has 7 nitrogen and oxygen atoms in total. The maximum atomic E-state index is 12.9. The van der Waals surface area contributed by atoms with E-state index in [2.05, 4.69) is 4.72 Å². The molecule has 1 aromatic rings. The molecule has 0 radical (unpaired) electrons. The van der Waals surface area contributed by atoms with Gasteiger partial charge in [0.2, 0.25) is 0 Å². The molecule has 30 heavy (non-hydrogen) atoms. The van der Waals surface area contributed by atoms with Crippen LogP contribution in [0.3, 0.4) is 0 Å². The highest BCUT2D eigenvalue weighted by Gasteiger charge is 2.36. The number of Topliss-reactive ketones (excluding diaryl/α,β-unsaturated/α-hetero) is 1. The van der Waals surface area contributed by atoms with E-state index in [1.165, 1.54) is 4.31 Å². The number of nitrogens with one attached hydrogen (secondary N) is 1. The Labute approximate surface area is 184 Å². The highest BCUT2D eigenvalue weighted by molar-refractivity contribution is 7.87. The number of carbonyl (C=O) groups excluding carboxylic acids is 2. The van der Waals surface area contributed by atoms with Gasteiger partial charge >= 0.3 is 5.97 Å². The minimum Gasteiger partial charge on any atom is -0.459 e. The molecular formula is C21H31ClN2O5S. The summed E-state index contributed by atoms with van der Waals surface area (Å²) in [7, 11) is -3.89. The summed E-state index contributed by atoms with van der Waals surface area (Å²) in [6, 6.07) is 5.72. The van der Waals surface area contributed by atoms with E-state index >= 15 is 0 Å². The zero-order chi connectivity index (χ0) is 22.7. The van der Waals surface area contributed by atoms with E-state index < -0.39 is 27.8 Å². The molecule has 0 aliphatic carbocycles. The number of piperidine rings is 1. The summed E-state index contributed by atoms with van der Waals surface area (Å²) in [5.41, 5.74) is -0.139. The Balaban J connectivity index is 2.01. The molecule has 0 saturated carbocycles. The summed E-state index contributed by atoms with van der Waals surface area (Å²) < 4.78 is 34.9. The number of ether oxygens (including phenoxy) is 1. The molecule has 9 heteroatoms. The Morgan fingerprint density at radius 3 is 2.13 bits per heavy atom. The fourth-order valence-corrected chi connectivity index (χ4v) is 4.92. The molecule has 1 N–H and O–H groups in total. The number of nitrogens with zero attached hydrogens (tertiary/aromatic N) is 1. The van der Waals surface area contributed by atoms with Crippen LogP contribution < -0.4 is 4.72 Å². The number of hydrogen-bond donors (Lipinski definition) is 1. The first-order valence-corrected chi connectivity index (χ1v) is 11.9. The van der Waals surface area contributed by atoms with Crippen LogP contribution in [0.4, 0.5) is 0 Å². The third-order valence-electron chi connectivity index (χ3n) is 4.90. The van der Waals surface area contributed by atoms with Gasteiger partial charge in [0.15, 0.2) is 5.78 Å². The molecule has 168 valence electrons. The van der Waals surface area contributed by atoms with E-state index in [-0.39, 0.29) is 30.7 Å². The van der Waals surface area contributed by atoms with E-state index in [1.54, 1.807) is 58.9 Å². The van der Waals surface area contributed by atoms with Gasteiger partial charge in [0.1, 0.15) is 11.6 Å². The number of esters is 1. The fourth-order valence-electron chi connectivity index (χ4n) is 3.26. The molecule has 0 amide bonds. The Bertz CT molecular complexity index is 854. The summed E-state index contributed by atoms with van der Waals surface area (Å²) in [6.07, 6.45) is 0.836. The standard InChI is InChI=1S/C21H31ClN2O5S/c1-14(2)18(20(26)29-21(3,4)5)23-30(27,28)24-12-10-16(11-13-24)19(25)15-6-8-17(22)9-7-15/h6-9,14,16,18,23H,10-13H2,1-5H3. The maximum Gasteiger partial charge on any atom is 0.325 e. The molecule has 2 rings (SSSR count). The van der Waals surface area contributed by atoms with Crippen LogP contribution in [0.2, 0.25) is 5.02 Å². The molecule has 0 aromatic heterocycles. The maximum absolute atomic E-state index is 12.9. The minimum absolute atomic E-state index is 0.00881. The quantitative estimate of drug-likeness (QED) is 0.499. The van der Waals surface area contributed by atoms with E-state index in [9.17, 15) is 18.0 Å². The zero-order valence-electron chi connectivity index (χ0n) is 18.1. The van der Waals surface area contributed by atoms with Gasteiger partial charge in [-0.25, -0.2) is 0 Å². The molecule has 1 atom stereocenters. The summed E-state index contributed by atoms with van der Waals surface area (Å²) >= 11 is 5.87. The predicted octanol–water partition coefficient (Wildman–Crippen LogP) is 3.44. The second-order valence-corrected chi connectivity index (χ2v) is 11.1. The van der Waals surface area contributed by atoms with Gasteiger partial charge in [0.25, 0.3) is 10.2 Å². The van der Waals surface area contributed by atoms with Crippen molar-refractivity contribution in [3.05, 3.63) is 34.9 Å². The Kier molecular flexibility index (Phi) is 8.07. The Morgan fingerprint density at radius 1 is 1.13 bits per heavy atom. The number of ketones is 1. The van der Waals surface area contributed by atoms with Crippen molar-refractivity contribution < 1.29 is 22.7 Å². The molecule has 1 saturated heterocycles. The lowest BCUT2D eigenvalue weighted by Crippen LogP contribution is -2.53. The monoisotopic (exact) mass is 458 g/mol. The van der Waals surface area contributed by atoms with Crippen LogP contribution in [0.1, 0.15) is 57.8 Å². The second kappa shape index (κ2) is 9.77. The van der Waals surface area contributed by atoms with Crippen molar-refractivity contribution in [2.24, 2.45) is 11.8 Å². The predicted molar refractivity (Wildman–Crippen MR) is 117 cm³/mol. The van der Waals surface area contributed by atoms with Crippen molar-refractivity contribution in [2.75, 3.05) is 13.1 Å². The van der Waals surface area contributed by atoms with Gasteiger partial charge in [-0.15, -0.1) is 0 Å². The number of benzene rings is 1. The van der Waals surface area contributed by atoms with Crippen LogP contribution in [0.5, 0.6) is 0 Å². The van der Waals surface area contributed by atoms with E-state index in [0.717, 1.165) is 0 Å². The smallest absolute Gasteiger partial charge is 0.325 e. The Hall–Kier alpha value is -1.48. The highest BCUT2D eigenvalue weighted by atomic mass is 35.5.